The first-order valence-corrected chi connectivity index (χ1v) is 10.5. The lowest BCUT2D eigenvalue weighted by molar-refractivity contribution is 0.180. The van der Waals surface area contributed by atoms with Crippen molar-refractivity contribution in [3.8, 4) is 11.1 Å². The fourth-order valence-electron chi connectivity index (χ4n) is 3.98. The maximum Gasteiger partial charge on any atom is 0.317 e. The van der Waals surface area contributed by atoms with E-state index in [1.54, 1.807) is 12.4 Å². The van der Waals surface area contributed by atoms with Crippen molar-refractivity contribution in [1.82, 2.24) is 15.2 Å². The van der Waals surface area contributed by atoms with Crippen LogP contribution in [0.5, 0.6) is 0 Å². The summed E-state index contributed by atoms with van der Waals surface area (Å²) >= 11 is 0. The lowest BCUT2D eigenvalue weighted by Gasteiger charge is -2.37. The number of nitrogens with one attached hydrogen (secondary N) is 1. The van der Waals surface area contributed by atoms with Crippen LogP contribution in [0, 0.1) is 0 Å². The summed E-state index contributed by atoms with van der Waals surface area (Å²) in [4.78, 5) is 20.9. The van der Waals surface area contributed by atoms with Crippen molar-refractivity contribution in [3.63, 3.8) is 0 Å². The quantitative estimate of drug-likeness (QED) is 0.683. The van der Waals surface area contributed by atoms with E-state index in [4.69, 9.17) is 0 Å². The molecule has 2 amide bonds. The highest BCUT2D eigenvalue weighted by molar-refractivity contribution is 5.74. The van der Waals surface area contributed by atoms with Crippen molar-refractivity contribution in [3.05, 3.63) is 84.7 Å². The summed E-state index contributed by atoms with van der Waals surface area (Å²) in [7, 11) is 2.14. The first-order valence-electron chi connectivity index (χ1n) is 10.5. The lowest BCUT2D eigenvalue weighted by atomic mass is 10.0. The molecule has 0 radical (unpaired) electrons. The van der Waals surface area contributed by atoms with Crippen LogP contribution < -0.4 is 10.2 Å². The van der Waals surface area contributed by atoms with Gasteiger partial charge in [0.1, 0.15) is 0 Å². The van der Waals surface area contributed by atoms with Gasteiger partial charge in [0.15, 0.2) is 0 Å². The standard InChI is InChI=1S/C25H28N4O/c1-28(23-5-3-2-4-6-23)24-13-17-29(18-14-24)25(30)27-19-20-7-9-21(10-8-20)22-11-15-26-16-12-22/h2-12,15-16,24H,13-14,17-19H2,1H3,(H,27,30). The Labute approximate surface area is 178 Å². The van der Waals surface area contributed by atoms with Gasteiger partial charge in [-0.25, -0.2) is 4.79 Å². The van der Waals surface area contributed by atoms with Crippen LogP contribution in [0.15, 0.2) is 79.1 Å². The molecule has 0 atom stereocenters. The zero-order valence-electron chi connectivity index (χ0n) is 17.4. The molecule has 0 bridgehead atoms. The number of urea groups is 1. The third-order valence-electron chi connectivity index (χ3n) is 5.87. The largest absolute Gasteiger partial charge is 0.371 e. The third-order valence-corrected chi connectivity index (χ3v) is 5.87. The van der Waals surface area contributed by atoms with E-state index in [0.717, 1.165) is 42.6 Å². The number of anilines is 1. The smallest absolute Gasteiger partial charge is 0.317 e. The van der Waals surface area contributed by atoms with E-state index in [2.05, 4.69) is 70.8 Å². The molecule has 3 aromatic rings. The summed E-state index contributed by atoms with van der Waals surface area (Å²) in [6.07, 6.45) is 5.56. The first-order chi connectivity index (χ1) is 14.7. The van der Waals surface area contributed by atoms with Gasteiger partial charge in [-0.2, -0.15) is 0 Å². The first kappa shape index (κ1) is 20.0. The summed E-state index contributed by atoms with van der Waals surface area (Å²) in [5, 5.41) is 3.07. The highest BCUT2D eigenvalue weighted by atomic mass is 16.2. The van der Waals surface area contributed by atoms with Crippen LogP contribution in [0.3, 0.4) is 0 Å². The van der Waals surface area contributed by atoms with E-state index in [0.29, 0.717) is 12.6 Å². The van der Waals surface area contributed by atoms with E-state index in [-0.39, 0.29) is 6.03 Å². The summed E-state index contributed by atoms with van der Waals surface area (Å²) in [5.41, 5.74) is 4.62. The minimum atomic E-state index is 0.0222. The third kappa shape index (κ3) is 4.79. The van der Waals surface area contributed by atoms with Gasteiger partial charge < -0.3 is 15.1 Å². The molecule has 0 aliphatic carbocycles. The van der Waals surface area contributed by atoms with E-state index in [9.17, 15) is 4.79 Å². The molecule has 0 unspecified atom stereocenters. The Morgan fingerprint density at radius 1 is 0.967 bits per heavy atom. The molecule has 5 heteroatoms. The number of hydrogen-bond donors (Lipinski definition) is 1. The molecule has 4 rings (SSSR count). The predicted octanol–water partition coefficient (Wildman–Crippen LogP) is 4.56. The molecule has 1 saturated heterocycles. The molecule has 2 heterocycles. The number of benzene rings is 2. The zero-order valence-corrected chi connectivity index (χ0v) is 17.4. The molecule has 0 spiro atoms. The van der Waals surface area contributed by atoms with Crippen molar-refractivity contribution < 1.29 is 4.79 Å². The van der Waals surface area contributed by atoms with E-state index >= 15 is 0 Å². The summed E-state index contributed by atoms with van der Waals surface area (Å²) < 4.78 is 0. The molecule has 5 nitrogen and oxygen atoms in total. The maximum absolute atomic E-state index is 12.6. The zero-order chi connectivity index (χ0) is 20.8. The van der Waals surface area contributed by atoms with Crippen molar-refractivity contribution in [2.75, 3.05) is 25.0 Å². The highest BCUT2D eigenvalue weighted by Gasteiger charge is 2.25. The molecule has 1 aliphatic rings. The average Bonchev–Trinajstić information content (AvgIpc) is 2.83. The number of carbonyl (C=O) groups is 1. The molecular weight excluding hydrogens is 372 g/mol. The summed E-state index contributed by atoms with van der Waals surface area (Å²) in [6.45, 7) is 2.11. The van der Waals surface area contributed by atoms with Crippen LogP contribution in [0.4, 0.5) is 10.5 Å². The Kier molecular flexibility index (Phi) is 6.28. The van der Waals surface area contributed by atoms with E-state index in [1.807, 2.05) is 23.1 Å². The van der Waals surface area contributed by atoms with Gasteiger partial charge in [-0.05, 0) is 53.8 Å². The summed E-state index contributed by atoms with van der Waals surface area (Å²) in [5.74, 6) is 0. The Morgan fingerprint density at radius 3 is 2.27 bits per heavy atom. The topological polar surface area (TPSA) is 48.5 Å². The van der Waals surface area contributed by atoms with Crippen molar-refractivity contribution in [2.24, 2.45) is 0 Å². The second-order valence-corrected chi connectivity index (χ2v) is 7.76. The predicted molar refractivity (Wildman–Crippen MR) is 121 cm³/mol. The second kappa shape index (κ2) is 9.44. The van der Waals surface area contributed by atoms with Crippen molar-refractivity contribution >= 4 is 11.7 Å². The molecule has 154 valence electrons. The Balaban J connectivity index is 1.25. The van der Waals surface area contributed by atoms with Crippen molar-refractivity contribution in [1.29, 1.82) is 0 Å². The van der Waals surface area contributed by atoms with Gasteiger partial charge in [0, 0.05) is 50.8 Å². The van der Waals surface area contributed by atoms with Gasteiger partial charge in [0.25, 0.3) is 0 Å². The van der Waals surface area contributed by atoms with Crippen LogP contribution in [0.1, 0.15) is 18.4 Å². The Bertz CT molecular complexity index is 936. The number of amides is 2. The summed E-state index contributed by atoms with van der Waals surface area (Å²) in [6, 6.07) is 23.2. The number of carbonyl (C=O) groups excluding carboxylic acids is 1. The van der Waals surface area contributed by atoms with E-state index in [1.165, 1.54) is 5.69 Å². The SMILES string of the molecule is CN(c1ccccc1)C1CCN(C(=O)NCc2ccc(-c3ccncc3)cc2)CC1. The lowest BCUT2D eigenvalue weighted by Crippen LogP contribution is -2.48. The van der Waals surface area contributed by atoms with Crippen LogP contribution in [0.2, 0.25) is 0 Å². The molecule has 1 aromatic heterocycles. The van der Waals surface area contributed by atoms with Gasteiger partial charge in [0.2, 0.25) is 0 Å². The fraction of sp³-hybridized carbons (Fsp3) is 0.280. The molecule has 1 N–H and O–H groups in total. The van der Waals surface area contributed by atoms with Crippen LogP contribution >= 0.6 is 0 Å². The monoisotopic (exact) mass is 400 g/mol. The van der Waals surface area contributed by atoms with Gasteiger partial charge in [0.05, 0.1) is 0 Å². The molecule has 1 aliphatic heterocycles. The molecule has 1 fully saturated rings. The number of hydrogen-bond acceptors (Lipinski definition) is 3. The van der Waals surface area contributed by atoms with E-state index < -0.39 is 0 Å². The molecule has 30 heavy (non-hydrogen) atoms. The molecule has 0 saturated carbocycles. The minimum Gasteiger partial charge on any atom is -0.371 e. The average molecular weight is 401 g/mol. The van der Waals surface area contributed by atoms with Crippen molar-refractivity contribution in [2.45, 2.75) is 25.4 Å². The molecular formula is C25H28N4O. The number of para-hydroxylation sites is 1. The Morgan fingerprint density at radius 2 is 1.60 bits per heavy atom. The number of pyridine rings is 1. The van der Waals surface area contributed by atoms with Crippen LogP contribution in [-0.2, 0) is 6.54 Å². The van der Waals surface area contributed by atoms with Gasteiger partial charge in [-0.15, -0.1) is 0 Å². The number of likely N-dealkylation sites (tertiary alicyclic amines) is 1. The maximum atomic E-state index is 12.6. The fourth-order valence-corrected chi connectivity index (χ4v) is 3.98. The number of nitrogens with zero attached hydrogens (tertiary/aromatic N) is 3. The number of aromatic nitrogens is 1. The number of rotatable bonds is 5. The minimum absolute atomic E-state index is 0.0222. The number of piperidine rings is 1. The van der Waals surface area contributed by atoms with Gasteiger partial charge in [-0.1, -0.05) is 42.5 Å². The van der Waals surface area contributed by atoms with Crippen LogP contribution in [0.25, 0.3) is 11.1 Å². The van der Waals surface area contributed by atoms with Crippen LogP contribution in [-0.4, -0.2) is 42.1 Å². The molecule has 2 aromatic carbocycles. The van der Waals surface area contributed by atoms with Gasteiger partial charge in [-0.3, -0.25) is 4.98 Å². The highest BCUT2D eigenvalue weighted by Crippen LogP contribution is 2.22. The van der Waals surface area contributed by atoms with Gasteiger partial charge >= 0.3 is 6.03 Å². The second-order valence-electron chi connectivity index (χ2n) is 7.76. The normalized spacial score (nSPS) is 14.4. The Hall–Kier alpha value is -3.34.